The molecule has 33 heavy (non-hydrogen) atoms. The summed E-state index contributed by atoms with van der Waals surface area (Å²) in [4.78, 5) is 35.2. The highest BCUT2D eigenvalue weighted by molar-refractivity contribution is 6.15. The van der Waals surface area contributed by atoms with Gasteiger partial charge < -0.3 is 15.3 Å². The highest BCUT2D eigenvalue weighted by atomic mass is 16.3. The molecule has 1 aromatic carbocycles. The van der Waals surface area contributed by atoms with Crippen LogP contribution in [0.2, 0.25) is 0 Å². The minimum absolute atomic E-state index is 0.0307. The topological polar surface area (TPSA) is 125 Å². The highest BCUT2D eigenvalue weighted by Crippen LogP contribution is 2.29. The van der Waals surface area contributed by atoms with Gasteiger partial charge in [-0.05, 0) is 31.4 Å². The summed E-state index contributed by atoms with van der Waals surface area (Å²) >= 11 is 0. The maximum atomic E-state index is 12.1. The average Bonchev–Trinajstić information content (AvgIpc) is 3.45. The van der Waals surface area contributed by atoms with Crippen LogP contribution in [0.5, 0.6) is 0 Å². The molecule has 0 unspecified atom stereocenters. The van der Waals surface area contributed by atoms with Crippen molar-refractivity contribution >= 4 is 35.4 Å². The lowest BCUT2D eigenvalue weighted by Crippen LogP contribution is -2.32. The summed E-state index contributed by atoms with van der Waals surface area (Å²) in [5.74, 6) is 0.282. The van der Waals surface area contributed by atoms with Crippen molar-refractivity contribution in [2.75, 3.05) is 23.4 Å². The van der Waals surface area contributed by atoms with Crippen LogP contribution < -0.4 is 15.5 Å². The molecule has 1 saturated carbocycles. The van der Waals surface area contributed by atoms with Gasteiger partial charge in [0.2, 0.25) is 17.8 Å². The largest absolute Gasteiger partial charge is 0.395 e. The van der Waals surface area contributed by atoms with Gasteiger partial charge >= 0.3 is 0 Å². The Morgan fingerprint density at radius 1 is 1.27 bits per heavy atom. The van der Waals surface area contributed by atoms with Crippen LogP contribution in [0.25, 0.3) is 11.7 Å². The molecule has 0 spiro atoms. The fourth-order valence-electron chi connectivity index (χ4n) is 3.91. The van der Waals surface area contributed by atoms with Crippen LogP contribution in [0.3, 0.4) is 0 Å². The highest BCUT2D eigenvalue weighted by Gasteiger charge is 2.27. The summed E-state index contributed by atoms with van der Waals surface area (Å²) in [7, 11) is 0. The summed E-state index contributed by atoms with van der Waals surface area (Å²) in [5, 5.41) is 19.9. The van der Waals surface area contributed by atoms with Crippen molar-refractivity contribution < 1.29 is 14.7 Å². The molecule has 1 saturated heterocycles. The molecular weight excluding hydrogens is 422 g/mol. The van der Waals surface area contributed by atoms with Gasteiger partial charge in [0.25, 0.3) is 5.91 Å². The summed E-state index contributed by atoms with van der Waals surface area (Å²) in [6.07, 6.45) is 5.41. The molecule has 3 N–H and O–H groups in total. The number of rotatable bonds is 8. The number of carbonyl (C=O) groups is 2. The van der Waals surface area contributed by atoms with Gasteiger partial charge in [-0.3, -0.25) is 14.9 Å². The lowest BCUT2D eigenvalue weighted by atomic mass is 10.1. The molecule has 2 aliphatic rings. The number of nitrogens with one attached hydrogen (secondary N) is 2. The summed E-state index contributed by atoms with van der Waals surface area (Å²) < 4.78 is 1.62. The van der Waals surface area contributed by atoms with Crippen LogP contribution in [0, 0.1) is 0 Å². The predicted octanol–water partition coefficient (Wildman–Crippen LogP) is 1.69. The number of aliphatic hydroxyl groups excluding tert-OH is 1. The minimum Gasteiger partial charge on any atom is -0.395 e. The molecule has 2 amide bonds. The van der Waals surface area contributed by atoms with E-state index >= 15 is 0 Å². The summed E-state index contributed by atoms with van der Waals surface area (Å²) in [5.41, 5.74) is 2.58. The van der Waals surface area contributed by atoms with Crippen LogP contribution in [-0.4, -0.2) is 55.7 Å². The number of benzene rings is 1. The van der Waals surface area contributed by atoms with E-state index in [0.717, 1.165) is 18.4 Å². The fourth-order valence-corrected chi connectivity index (χ4v) is 3.91. The first-order valence-corrected chi connectivity index (χ1v) is 11.0. The Bertz CT molecular complexity index is 1230. The van der Waals surface area contributed by atoms with E-state index in [2.05, 4.69) is 15.7 Å². The van der Waals surface area contributed by atoms with E-state index in [1.807, 2.05) is 42.2 Å². The van der Waals surface area contributed by atoms with Gasteiger partial charge in [0.1, 0.15) is 0 Å². The average molecular weight is 447 g/mol. The second kappa shape index (κ2) is 8.62. The number of carbonyl (C=O) groups excluding carboxylic acids is 2. The zero-order chi connectivity index (χ0) is 22.9. The molecule has 3 heterocycles. The Morgan fingerprint density at radius 3 is 2.73 bits per heavy atom. The van der Waals surface area contributed by atoms with Crippen LogP contribution in [0.1, 0.15) is 43.4 Å². The molecule has 10 heteroatoms. The third-order valence-corrected chi connectivity index (χ3v) is 5.87. The standard InChI is InChI=1S/C23H25N7O3/c1-14(15-5-3-2-4-6-15)29(9-10-31)22-27-20-17(11-16-12-19(32)26-21(16)33)13-24-30(20)23(28-22)25-18-7-8-18/h2-6,11,13-14,18,31H,7-10,12H2,1H3,(H,25,27,28)(H,26,32,33)/b16-11+/t14-/m1/s1. The number of aliphatic hydroxyl groups is 1. The van der Waals surface area contributed by atoms with E-state index in [-0.39, 0.29) is 25.0 Å². The number of imide groups is 1. The van der Waals surface area contributed by atoms with Gasteiger partial charge in [-0.2, -0.15) is 19.6 Å². The third-order valence-electron chi connectivity index (χ3n) is 5.87. The Kier molecular flexibility index (Phi) is 5.51. The van der Waals surface area contributed by atoms with Crippen molar-refractivity contribution in [2.24, 2.45) is 0 Å². The molecule has 5 rings (SSSR count). The fraction of sp³-hybridized carbons (Fsp3) is 0.348. The molecule has 2 fully saturated rings. The summed E-state index contributed by atoms with van der Waals surface area (Å²) in [6, 6.07) is 10.2. The van der Waals surface area contributed by atoms with Gasteiger partial charge in [0.15, 0.2) is 5.65 Å². The van der Waals surface area contributed by atoms with Crippen LogP contribution in [-0.2, 0) is 9.59 Å². The Hall–Kier alpha value is -3.79. The number of hydrogen-bond acceptors (Lipinski definition) is 8. The van der Waals surface area contributed by atoms with Gasteiger partial charge in [-0.1, -0.05) is 30.3 Å². The van der Waals surface area contributed by atoms with Crippen molar-refractivity contribution in [1.82, 2.24) is 24.9 Å². The van der Waals surface area contributed by atoms with E-state index < -0.39 is 5.91 Å². The molecule has 10 nitrogen and oxygen atoms in total. The lowest BCUT2D eigenvalue weighted by Gasteiger charge is -2.29. The van der Waals surface area contributed by atoms with Gasteiger partial charge in [-0.15, -0.1) is 0 Å². The van der Waals surface area contributed by atoms with Crippen molar-refractivity contribution in [3.63, 3.8) is 0 Å². The van der Waals surface area contributed by atoms with Gasteiger partial charge in [0.05, 0.1) is 25.3 Å². The van der Waals surface area contributed by atoms with Crippen molar-refractivity contribution in [1.29, 1.82) is 0 Å². The molecule has 170 valence electrons. The number of amides is 2. The zero-order valence-electron chi connectivity index (χ0n) is 18.2. The normalized spacial score (nSPS) is 18.1. The van der Waals surface area contributed by atoms with Gasteiger partial charge in [0, 0.05) is 23.7 Å². The minimum atomic E-state index is -0.399. The quantitative estimate of drug-likeness (QED) is 0.352. The first-order chi connectivity index (χ1) is 16.0. The van der Waals surface area contributed by atoms with E-state index in [0.29, 0.717) is 41.3 Å². The summed E-state index contributed by atoms with van der Waals surface area (Å²) in [6.45, 7) is 2.33. The molecule has 3 aromatic rings. The SMILES string of the molecule is C[C@H](c1ccccc1)N(CCO)c1nc(NC2CC2)n2ncc(/C=C3\CC(=O)NC3=O)c2n1. The Labute approximate surface area is 190 Å². The van der Waals surface area contributed by atoms with E-state index in [1.165, 1.54) is 0 Å². The smallest absolute Gasteiger partial charge is 0.254 e. The number of hydrogen-bond donors (Lipinski definition) is 3. The molecule has 1 aliphatic heterocycles. The third kappa shape index (κ3) is 4.29. The maximum Gasteiger partial charge on any atom is 0.254 e. The van der Waals surface area contributed by atoms with Crippen LogP contribution >= 0.6 is 0 Å². The molecule has 2 aromatic heterocycles. The van der Waals surface area contributed by atoms with Crippen molar-refractivity contribution in [3.8, 4) is 0 Å². The Balaban J connectivity index is 1.60. The van der Waals surface area contributed by atoms with E-state index in [1.54, 1.807) is 16.8 Å². The number of aromatic nitrogens is 4. The first-order valence-electron chi connectivity index (χ1n) is 11.0. The predicted molar refractivity (Wildman–Crippen MR) is 122 cm³/mol. The molecule has 0 bridgehead atoms. The Morgan fingerprint density at radius 2 is 2.06 bits per heavy atom. The van der Waals surface area contributed by atoms with Gasteiger partial charge in [-0.25, -0.2) is 0 Å². The van der Waals surface area contributed by atoms with E-state index in [4.69, 9.17) is 9.97 Å². The lowest BCUT2D eigenvalue weighted by molar-refractivity contribution is -0.124. The molecule has 0 radical (unpaired) electrons. The monoisotopic (exact) mass is 447 g/mol. The van der Waals surface area contributed by atoms with Crippen molar-refractivity contribution in [2.45, 2.75) is 38.3 Å². The van der Waals surface area contributed by atoms with Crippen LogP contribution in [0.4, 0.5) is 11.9 Å². The van der Waals surface area contributed by atoms with Crippen molar-refractivity contribution in [3.05, 3.63) is 53.2 Å². The van der Waals surface area contributed by atoms with E-state index in [9.17, 15) is 14.7 Å². The number of fused-ring (bicyclic) bond motifs is 1. The second-order valence-electron chi connectivity index (χ2n) is 8.33. The molecular formula is C23H25N7O3. The second-order valence-corrected chi connectivity index (χ2v) is 8.33. The first kappa shape index (κ1) is 21.1. The number of anilines is 2. The maximum absolute atomic E-state index is 12.1. The molecule has 1 aliphatic carbocycles. The molecule has 1 atom stereocenters. The zero-order valence-corrected chi connectivity index (χ0v) is 18.2. The number of nitrogens with zero attached hydrogens (tertiary/aromatic N) is 5. The van der Waals surface area contributed by atoms with Crippen LogP contribution in [0.15, 0.2) is 42.1 Å².